The molecule has 1 fully saturated rings. The highest BCUT2D eigenvalue weighted by atomic mass is 19.1. The van der Waals surface area contributed by atoms with Crippen molar-refractivity contribution in [3.63, 3.8) is 0 Å². The van der Waals surface area contributed by atoms with Gasteiger partial charge in [0, 0.05) is 31.9 Å². The van der Waals surface area contributed by atoms with Gasteiger partial charge in [-0.1, -0.05) is 30.3 Å². The Bertz CT molecular complexity index is 744. The molecule has 3 rings (SSSR count). The Balaban J connectivity index is 1.43. The number of amides is 3. The maximum Gasteiger partial charge on any atom is 0.410 e. The fraction of sp³-hybridized carbons (Fsp3) is 0.263. The van der Waals surface area contributed by atoms with E-state index in [0.29, 0.717) is 31.9 Å². The molecule has 1 saturated heterocycles. The molecule has 7 heteroatoms. The highest BCUT2D eigenvalue weighted by molar-refractivity contribution is 5.89. The zero-order chi connectivity index (χ0) is 18.4. The molecule has 0 aromatic heterocycles. The van der Waals surface area contributed by atoms with Crippen molar-refractivity contribution < 1.29 is 18.7 Å². The first-order chi connectivity index (χ1) is 12.6. The van der Waals surface area contributed by atoms with E-state index >= 15 is 0 Å². The fourth-order valence-corrected chi connectivity index (χ4v) is 2.64. The van der Waals surface area contributed by atoms with Crippen LogP contribution >= 0.6 is 0 Å². The highest BCUT2D eigenvalue weighted by Gasteiger charge is 2.25. The summed E-state index contributed by atoms with van der Waals surface area (Å²) in [7, 11) is 0. The molecule has 0 saturated carbocycles. The second-order valence-corrected chi connectivity index (χ2v) is 5.95. The van der Waals surface area contributed by atoms with Crippen LogP contribution in [0.5, 0.6) is 0 Å². The number of nitrogens with one attached hydrogen (secondary N) is 1. The van der Waals surface area contributed by atoms with E-state index in [1.54, 1.807) is 9.80 Å². The lowest BCUT2D eigenvalue weighted by molar-refractivity contribution is 0.0782. The van der Waals surface area contributed by atoms with E-state index in [1.165, 1.54) is 24.3 Å². The average molecular weight is 357 g/mol. The first kappa shape index (κ1) is 17.7. The minimum absolute atomic E-state index is 0.227. The number of piperazine rings is 1. The average Bonchev–Trinajstić information content (AvgIpc) is 2.69. The zero-order valence-electron chi connectivity index (χ0n) is 14.2. The highest BCUT2D eigenvalue weighted by Crippen LogP contribution is 2.11. The summed E-state index contributed by atoms with van der Waals surface area (Å²) >= 11 is 0. The summed E-state index contributed by atoms with van der Waals surface area (Å²) in [5, 5.41) is 2.72. The quantitative estimate of drug-likeness (QED) is 0.917. The molecule has 6 nitrogen and oxygen atoms in total. The molecule has 0 aliphatic carbocycles. The van der Waals surface area contributed by atoms with Gasteiger partial charge >= 0.3 is 12.1 Å². The second kappa shape index (κ2) is 8.33. The summed E-state index contributed by atoms with van der Waals surface area (Å²) in [6.45, 7) is 1.86. The number of carbonyl (C=O) groups is 2. The van der Waals surface area contributed by atoms with Crippen LogP contribution < -0.4 is 5.32 Å². The van der Waals surface area contributed by atoms with Crippen molar-refractivity contribution in [2.45, 2.75) is 6.61 Å². The van der Waals surface area contributed by atoms with Gasteiger partial charge in [-0.15, -0.1) is 0 Å². The van der Waals surface area contributed by atoms with Crippen LogP contribution in [0.25, 0.3) is 0 Å². The number of anilines is 1. The van der Waals surface area contributed by atoms with Crippen molar-refractivity contribution in [3.8, 4) is 0 Å². The lowest BCUT2D eigenvalue weighted by Gasteiger charge is -2.34. The number of hydrogen-bond donors (Lipinski definition) is 1. The molecule has 2 aromatic rings. The van der Waals surface area contributed by atoms with Gasteiger partial charge in [0.2, 0.25) is 0 Å². The molecule has 2 aromatic carbocycles. The predicted octanol–water partition coefficient (Wildman–Crippen LogP) is 3.31. The summed E-state index contributed by atoms with van der Waals surface area (Å²) < 4.78 is 18.2. The van der Waals surface area contributed by atoms with E-state index in [4.69, 9.17) is 4.74 Å². The molecule has 0 bridgehead atoms. The number of halogens is 1. The van der Waals surface area contributed by atoms with Crippen molar-refractivity contribution in [2.75, 3.05) is 31.5 Å². The summed E-state index contributed by atoms with van der Waals surface area (Å²) in [6, 6.07) is 14.8. The number of nitrogens with zero attached hydrogens (tertiary/aromatic N) is 2. The molecule has 1 heterocycles. The van der Waals surface area contributed by atoms with Crippen LogP contribution in [0.2, 0.25) is 0 Å². The minimum Gasteiger partial charge on any atom is -0.445 e. The maximum atomic E-state index is 12.9. The number of ether oxygens (including phenoxy) is 1. The standard InChI is InChI=1S/C19H20FN3O3/c20-16-6-8-17(9-7-16)21-18(24)22-10-12-23(13-11-22)19(25)26-14-15-4-2-1-3-5-15/h1-9H,10-14H2,(H,21,24). The predicted molar refractivity (Wildman–Crippen MR) is 95.2 cm³/mol. The number of rotatable bonds is 3. The molecule has 136 valence electrons. The lowest BCUT2D eigenvalue weighted by atomic mass is 10.2. The van der Waals surface area contributed by atoms with Gasteiger partial charge in [-0.05, 0) is 29.8 Å². The Hall–Kier alpha value is -3.09. The third-order valence-electron chi connectivity index (χ3n) is 4.13. The molecule has 0 unspecified atom stereocenters. The minimum atomic E-state index is -0.382. The molecule has 3 amide bonds. The zero-order valence-corrected chi connectivity index (χ0v) is 14.2. The van der Waals surface area contributed by atoms with Crippen molar-refractivity contribution in [1.82, 2.24) is 9.80 Å². The summed E-state index contributed by atoms with van der Waals surface area (Å²) in [6.07, 6.45) is -0.382. The number of carbonyl (C=O) groups excluding carboxylic acids is 2. The molecular weight excluding hydrogens is 337 g/mol. The largest absolute Gasteiger partial charge is 0.445 e. The van der Waals surface area contributed by atoms with Gasteiger partial charge in [-0.3, -0.25) is 0 Å². The normalized spacial score (nSPS) is 14.0. The van der Waals surface area contributed by atoms with Gasteiger partial charge in [0.1, 0.15) is 12.4 Å². The Morgan fingerprint density at radius 2 is 1.54 bits per heavy atom. The van der Waals surface area contributed by atoms with E-state index in [0.717, 1.165) is 5.56 Å². The Morgan fingerprint density at radius 1 is 0.923 bits per heavy atom. The molecule has 1 aliphatic rings. The maximum absolute atomic E-state index is 12.9. The molecule has 0 atom stereocenters. The van der Waals surface area contributed by atoms with Crippen molar-refractivity contribution >= 4 is 17.8 Å². The van der Waals surface area contributed by atoms with E-state index in [1.807, 2.05) is 30.3 Å². The van der Waals surface area contributed by atoms with Crippen molar-refractivity contribution in [2.24, 2.45) is 0 Å². The van der Waals surface area contributed by atoms with Crippen LogP contribution in [0.15, 0.2) is 54.6 Å². The smallest absolute Gasteiger partial charge is 0.410 e. The Kier molecular flexibility index (Phi) is 5.68. The van der Waals surface area contributed by atoms with Crippen LogP contribution in [-0.4, -0.2) is 48.1 Å². The molecule has 1 N–H and O–H groups in total. The van der Waals surface area contributed by atoms with Gasteiger partial charge in [-0.25, -0.2) is 14.0 Å². The number of benzene rings is 2. The first-order valence-corrected chi connectivity index (χ1v) is 8.39. The van der Waals surface area contributed by atoms with Crippen molar-refractivity contribution in [1.29, 1.82) is 0 Å². The number of hydrogen-bond acceptors (Lipinski definition) is 3. The Morgan fingerprint density at radius 3 is 2.19 bits per heavy atom. The Labute approximate surface area is 151 Å². The van der Waals surface area contributed by atoms with E-state index in [2.05, 4.69) is 5.32 Å². The second-order valence-electron chi connectivity index (χ2n) is 5.95. The van der Waals surface area contributed by atoms with E-state index in [-0.39, 0.29) is 24.5 Å². The van der Waals surface area contributed by atoms with Gasteiger partial charge in [0.05, 0.1) is 0 Å². The number of urea groups is 1. The van der Waals surface area contributed by atoms with Gasteiger partial charge < -0.3 is 19.9 Å². The third-order valence-corrected chi connectivity index (χ3v) is 4.13. The van der Waals surface area contributed by atoms with Crippen LogP contribution in [0.4, 0.5) is 19.7 Å². The third kappa shape index (κ3) is 4.72. The monoisotopic (exact) mass is 357 g/mol. The van der Waals surface area contributed by atoms with Gasteiger partial charge in [-0.2, -0.15) is 0 Å². The fourth-order valence-electron chi connectivity index (χ4n) is 2.64. The SMILES string of the molecule is O=C(Nc1ccc(F)cc1)N1CCN(C(=O)OCc2ccccc2)CC1. The summed E-state index contributed by atoms with van der Waals surface area (Å²) in [5.74, 6) is -0.356. The topological polar surface area (TPSA) is 61.9 Å². The molecular formula is C19H20FN3O3. The van der Waals surface area contributed by atoms with Crippen molar-refractivity contribution in [3.05, 3.63) is 66.0 Å². The molecule has 0 radical (unpaired) electrons. The lowest BCUT2D eigenvalue weighted by Crippen LogP contribution is -2.51. The van der Waals surface area contributed by atoms with Crippen LogP contribution in [-0.2, 0) is 11.3 Å². The summed E-state index contributed by atoms with van der Waals surface area (Å²) in [5.41, 5.74) is 1.46. The molecule has 26 heavy (non-hydrogen) atoms. The van der Waals surface area contributed by atoms with Gasteiger partial charge in [0.25, 0.3) is 0 Å². The first-order valence-electron chi connectivity index (χ1n) is 8.39. The summed E-state index contributed by atoms with van der Waals surface area (Å²) in [4.78, 5) is 27.5. The van der Waals surface area contributed by atoms with Crippen LogP contribution in [0, 0.1) is 5.82 Å². The molecule has 0 spiro atoms. The van der Waals surface area contributed by atoms with E-state index in [9.17, 15) is 14.0 Å². The van der Waals surface area contributed by atoms with Gasteiger partial charge in [0.15, 0.2) is 0 Å². The van der Waals surface area contributed by atoms with Crippen LogP contribution in [0.3, 0.4) is 0 Å². The van der Waals surface area contributed by atoms with E-state index < -0.39 is 0 Å². The van der Waals surface area contributed by atoms with Crippen LogP contribution in [0.1, 0.15) is 5.56 Å². The molecule has 1 aliphatic heterocycles.